The van der Waals surface area contributed by atoms with Crippen LogP contribution in [0.2, 0.25) is 0 Å². The molecule has 1 unspecified atom stereocenters. The summed E-state index contributed by atoms with van der Waals surface area (Å²) < 4.78 is 44.9. The van der Waals surface area contributed by atoms with Gasteiger partial charge in [0.25, 0.3) is 5.91 Å². The normalized spacial score (nSPS) is 12.1. The molecule has 1 atom stereocenters. The smallest absolute Gasteiger partial charge is 0.265 e. The average Bonchev–Trinajstić information content (AvgIpc) is 2.79. The first kappa shape index (κ1) is 24.9. The lowest BCUT2D eigenvalue weighted by Gasteiger charge is -2.19. The fourth-order valence-corrected chi connectivity index (χ4v) is 4.34. The molecule has 0 aromatic heterocycles. The van der Waals surface area contributed by atoms with E-state index < -0.39 is 27.7 Å². The highest BCUT2D eigenvalue weighted by Crippen LogP contribution is 2.30. The van der Waals surface area contributed by atoms with Gasteiger partial charge in [-0.25, -0.2) is 12.8 Å². The maximum Gasteiger partial charge on any atom is 0.265 e. The van der Waals surface area contributed by atoms with Crippen molar-refractivity contribution in [3.05, 3.63) is 78.1 Å². The van der Waals surface area contributed by atoms with Crippen LogP contribution >= 0.6 is 0 Å². The number of hydrogen-bond acceptors (Lipinski definition) is 5. The lowest BCUT2D eigenvalue weighted by molar-refractivity contribution is -0.123. The van der Waals surface area contributed by atoms with E-state index >= 15 is 0 Å². The Morgan fingerprint density at radius 1 is 1.12 bits per heavy atom. The molecule has 9 heteroatoms. The predicted molar refractivity (Wildman–Crippen MR) is 130 cm³/mol. The van der Waals surface area contributed by atoms with Crippen molar-refractivity contribution in [1.82, 2.24) is 0 Å². The van der Waals surface area contributed by atoms with E-state index in [9.17, 15) is 17.6 Å². The van der Waals surface area contributed by atoms with Gasteiger partial charge >= 0.3 is 0 Å². The van der Waals surface area contributed by atoms with Gasteiger partial charge in [-0.15, -0.1) is 0 Å². The summed E-state index contributed by atoms with van der Waals surface area (Å²) in [6.07, 6.45) is 1.24. The Hall–Kier alpha value is -3.72. The molecule has 0 aliphatic rings. The first-order chi connectivity index (χ1) is 16.1. The first-order valence-corrected chi connectivity index (χ1v) is 12.5. The Kier molecular flexibility index (Phi) is 7.68. The monoisotopic (exact) mass is 483 g/mol. The van der Waals surface area contributed by atoms with Crippen molar-refractivity contribution in [2.75, 3.05) is 11.6 Å². The second-order valence-electron chi connectivity index (χ2n) is 7.79. The van der Waals surface area contributed by atoms with Crippen LogP contribution in [0.4, 0.5) is 10.1 Å². The SMILES string of the molecule is CCCC(Oc1cccc(C(=N)N)c1)C(=O)Nc1ccc(-c2ccccc2S(C)(=O)=O)cc1F. The Bertz CT molecular complexity index is 1330. The molecule has 0 spiro atoms. The molecule has 0 fully saturated rings. The summed E-state index contributed by atoms with van der Waals surface area (Å²) in [5, 5.41) is 10.1. The summed E-state index contributed by atoms with van der Waals surface area (Å²) >= 11 is 0. The van der Waals surface area contributed by atoms with Gasteiger partial charge in [0.2, 0.25) is 0 Å². The van der Waals surface area contributed by atoms with Crippen LogP contribution in [-0.4, -0.2) is 32.5 Å². The Labute approximate surface area is 198 Å². The van der Waals surface area contributed by atoms with Crippen molar-refractivity contribution in [1.29, 1.82) is 5.41 Å². The number of ether oxygens (including phenoxy) is 1. The molecule has 0 aliphatic heterocycles. The zero-order valence-corrected chi connectivity index (χ0v) is 19.7. The molecular weight excluding hydrogens is 457 g/mol. The van der Waals surface area contributed by atoms with Gasteiger partial charge in [-0.1, -0.05) is 49.7 Å². The Balaban J connectivity index is 1.82. The van der Waals surface area contributed by atoms with E-state index in [1.165, 1.54) is 18.2 Å². The maximum atomic E-state index is 14.9. The molecule has 0 aliphatic carbocycles. The molecule has 0 saturated carbocycles. The topological polar surface area (TPSA) is 122 Å². The first-order valence-electron chi connectivity index (χ1n) is 10.6. The molecule has 0 heterocycles. The van der Waals surface area contributed by atoms with Crippen molar-refractivity contribution in [2.45, 2.75) is 30.8 Å². The minimum Gasteiger partial charge on any atom is -0.481 e. The molecule has 178 valence electrons. The van der Waals surface area contributed by atoms with Crippen LogP contribution < -0.4 is 15.8 Å². The molecule has 0 radical (unpaired) electrons. The van der Waals surface area contributed by atoms with Gasteiger partial charge in [0, 0.05) is 17.4 Å². The van der Waals surface area contributed by atoms with Crippen LogP contribution in [0.15, 0.2) is 71.6 Å². The van der Waals surface area contributed by atoms with Gasteiger partial charge in [0.1, 0.15) is 17.4 Å². The summed E-state index contributed by atoms with van der Waals surface area (Å²) in [6, 6.07) is 17.0. The number of carbonyl (C=O) groups excluding carboxylic acids is 1. The summed E-state index contributed by atoms with van der Waals surface area (Å²) in [5.41, 5.74) is 6.67. The van der Waals surface area contributed by atoms with E-state index in [2.05, 4.69) is 5.32 Å². The quantitative estimate of drug-likeness (QED) is 0.308. The van der Waals surface area contributed by atoms with Crippen molar-refractivity contribution in [3.63, 3.8) is 0 Å². The molecule has 3 aromatic carbocycles. The zero-order chi connectivity index (χ0) is 24.9. The lowest BCUT2D eigenvalue weighted by Crippen LogP contribution is -2.33. The second kappa shape index (κ2) is 10.5. The van der Waals surface area contributed by atoms with Crippen LogP contribution in [0.5, 0.6) is 5.75 Å². The van der Waals surface area contributed by atoms with E-state index in [1.807, 2.05) is 6.92 Å². The van der Waals surface area contributed by atoms with Gasteiger partial charge in [-0.05, 0) is 42.3 Å². The van der Waals surface area contributed by atoms with E-state index in [0.29, 0.717) is 35.3 Å². The van der Waals surface area contributed by atoms with Crippen LogP contribution in [0.25, 0.3) is 11.1 Å². The van der Waals surface area contributed by atoms with Crippen LogP contribution in [0.1, 0.15) is 25.3 Å². The minimum atomic E-state index is -3.51. The van der Waals surface area contributed by atoms with E-state index in [-0.39, 0.29) is 16.4 Å². The number of benzene rings is 3. The van der Waals surface area contributed by atoms with Gasteiger partial charge in [0.15, 0.2) is 15.9 Å². The standard InChI is InChI=1S/C25H26FN3O4S/c1-3-7-22(33-18-9-6-8-17(14-18)24(27)28)25(30)29-21-13-12-16(15-20(21)26)19-10-4-5-11-23(19)34(2,31)32/h4-6,8-15,22H,3,7H2,1-2H3,(H3,27,28)(H,29,30). The Morgan fingerprint density at radius 2 is 1.85 bits per heavy atom. The van der Waals surface area contributed by atoms with E-state index in [4.69, 9.17) is 15.9 Å². The number of carbonyl (C=O) groups is 1. The molecular formula is C25H26FN3O4S. The molecule has 1 amide bonds. The number of halogens is 1. The predicted octanol–water partition coefficient (Wildman–Crippen LogP) is 4.37. The third-order valence-electron chi connectivity index (χ3n) is 5.09. The molecule has 3 aromatic rings. The molecule has 0 saturated heterocycles. The van der Waals surface area contributed by atoms with Crippen molar-refractivity contribution in [3.8, 4) is 16.9 Å². The van der Waals surface area contributed by atoms with Crippen molar-refractivity contribution >= 4 is 27.3 Å². The molecule has 0 bridgehead atoms. The highest BCUT2D eigenvalue weighted by Gasteiger charge is 2.22. The number of nitrogens with two attached hydrogens (primary N) is 1. The minimum absolute atomic E-state index is 0.0484. The van der Waals surface area contributed by atoms with E-state index in [1.54, 1.807) is 48.5 Å². The third kappa shape index (κ3) is 5.99. The summed E-state index contributed by atoms with van der Waals surface area (Å²) in [4.78, 5) is 13.0. The van der Waals surface area contributed by atoms with Crippen molar-refractivity contribution in [2.24, 2.45) is 5.73 Å². The fourth-order valence-electron chi connectivity index (χ4n) is 3.43. The number of sulfone groups is 1. The second-order valence-corrected chi connectivity index (χ2v) is 9.77. The van der Waals surface area contributed by atoms with Crippen LogP contribution in [-0.2, 0) is 14.6 Å². The highest BCUT2D eigenvalue weighted by atomic mass is 32.2. The maximum absolute atomic E-state index is 14.9. The molecule has 3 rings (SSSR count). The number of amides is 1. The van der Waals surface area contributed by atoms with Gasteiger partial charge in [-0.3, -0.25) is 10.2 Å². The van der Waals surface area contributed by atoms with Gasteiger partial charge < -0.3 is 15.8 Å². The van der Waals surface area contributed by atoms with Crippen LogP contribution in [0, 0.1) is 11.2 Å². The third-order valence-corrected chi connectivity index (χ3v) is 6.25. The molecule has 34 heavy (non-hydrogen) atoms. The number of anilines is 1. The highest BCUT2D eigenvalue weighted by molar-refractivity contribution is 7.90. The van der Waals surface area contributed by atoms with Crippen LogP contribution in [0.3, 0.4) is 0 Å². The molecule has 7 nitrogen and oxygen atoms in total. The van der Waals surface area contributed by atoms with Gasteiger partial charge in [0.05, 0.1) is 10.6 Å². The summed E-state index contributed by atoms with van der Waals surface area (Å²) in [7, 11) is -3.51. The number of hydrogen-bond donors (Lipinski definition) is 3. The number of amidine groups is 1. The van der Waals surface area contributed by atoms with Gasteiger partial charge in [-0.2, -0.15) is 0 Å². The number of nitrogen functional groups attached to an aromatic ring is 1. The number of rotatable bonds is 9. The summed E-state index contributed by atoms with van der Waals surface area (Å²) in [6.45, 7) is 1.89. The van der Waals surface area contributed by atoms with Crippen molar-refractivity contribution < 1.29 is 22.3 Å². The zero-order valence-electron chi connectivity index (χ0n) is 18.8. The largest absolute Gasteiger partial charge is 0.481 e. The lowest BCUT2D eigenvalue weighted by atomic mass is 10.0. The summed E-state index contributed by atoms with van der Waals surface area (Å²) in [5.74, 6) is -0.989. The average molecular weight is 484 g/mol. The van der Waals surface area contributed by atoms with E-state index in [0.717, 1.165) is 6.26 Å². The fraction of sp³-hybridized carbons (Fsp3) is 0.200. The molecule has 4 N–H and O–H groups in total. The number of nitrogens with one attached hydrogen (secondary N) is 2. The Morgan fingerprint density at radius 3 is 2.50 bits per heavy atom.